The zero-order valence-corrected chi connectivity index (χ0v) is 32.9. The molecule has 4 aliphatic heterocycles. The van der Waals surface area contributed by atoms with Crippen LogP contribution < -0.4 is 4.74 Å². The summed E-state index contributed by atoms with van der Waals surface area (Å²) in [5.41, 5.74) is -1.74. The fourth-order valence-electron chi connectivity index (χ4n) is 6.90. The molecule has 0 spiro atoms. The van der Waals surface area contributed by atoms with E-state index < -0.39 is 155 Å². The Labute approximate surface area is 357 Å². The second-order valence-electron chi connectivity index (χ2n) is 15.2. The Bertz CT molecular complexity index is 1920. The van der Waals surface area contributed by atoms with Gasteiger partial charge in [0.15, 0.2) is 42.1 Å². The fourth-order valence-corrected chi connectivity index (χ4v) is 6.90. The van der Waals surface area contributed by atoms with E-state index in [1.165, 1.54) is 42.5 Å². The molecule has 348 valence electrons. The molecule has 4 saturated heterocycles. The number of benzene rings is 2. The predicted molar refractivity (Wildman–Crippen MR) is 200 cm³/mol. The van der Waals surface area contributed by atoms with Gasteiger partial charge in [-0.25, -0.2) is 4.79 Å². The van der Waals surface area contributed by atoms with Crippen molar-refractivity contribution in [1.29, 1.82) is 5.26 Å². The zero-order valence-electron chi connectivity index (χ0n) is 32.9. The molecule has 0 radical (unpaired) electrons. The summed E-state index contributed by atoms with van der Waals surface area (Å²) in [5.74, 6) is -1.85. The van der Waals surface area contributed by atoms with E-state index in [1.54, 1.807) is 0 Å². The number of rotatable bonds is 15. The number of phenols is 2. The Kier molecular flexibility index (Phi) is 15.9. The largest absolute Gasteiger partial charge is 0.508 e. The van der Waals surface area contributed by atoms with Crippen LogP contribution in [0.1, 0.15) is 17.2 Å². The molecule has 2 aromatic carbocycles. The van der Waals surface area contributed by atoms with Gasteiger partial charge in [-0.05, 0) is 41.5 Å². The van der Waals surface area contributed by atoms with Crippen molar-refractivity contribution in [3.05, 3.63) is 59.7 Å². The summed E-state index contributed by atoms with van der Waals surface area (Å²) in [4.78, 5) is 12.5. The van der Waals surface area contributed by atoms with Crippen molar-refractivity contribution in [3.8, 4) is 23.3 Å². The SMILES string of the molecule is N#C[C@@H](O[C@@H]1O[C@H](CO[C@@H]2OC[C@@H](O[C@@H]3OC[C@@](O)(COC(=O)/C=C/c4ccc(O[C@@H]5O[C@H](CO)[C@@H](O)[C@H](O)[C@H]5O)c(O)c4)[C@H]3O)[C@H](O)[C@H]2O)[C@@H](O)[C@H](O)[C@H]1O)c1cccc(O)c1. The molecule has 13 N–H and O–H groups in total. The minimum absolute atomic E-state index is 0.165. The van der Waals surface area contributed by atoms with Gasteiger partial charge in [0, 0.05) is 6.08 Å². The molecule has 4 aliphatic rings. The lowest BCUT2D eigenvalue weighted by atomic mass is 9.99. The van der Waals surface area contributed by atoms with E-state index in [0.29, 0.717) is 0 Å². The maximum absolute atomic E-state index is 12.5. The minimum Gasteiger partial charge on any atom is -0.508 e. The first-order valence-electron chi connectivity index (χ1n) is 19.4. The highest BCUT2D eigenvalue weighted by molar-refractivity contribution is 5.87. The quantitative estimate of drug-likeness (QED) is 0.0587. The molecule has 24 heteroatoms. The van der Waals surface area contributed by atoms with E-state index in [2.05, 4.69) is 0 Å². The number of phenolic OH excluding ortho intramolecular Hbond substituents is 2. The third kappa shape index (κ3) is 11.0. The molecule has 0 aromatic heterocycles. The van der Waals surface area contributed by atoms with Crippen LogP contribution in [0.2, 0.25) is 0 Å². The number of hydrogen-bond donors (Lipinski definition) is 13. The summed E-state index contributed by atoms with van der Waals surface area (Å²) in [6.07, 6.45) is -25.5. The second-order valence-corrected chi connectivity index (χ2v) is 15.2. The zero-order chi connectivity index (χ0) is 45.7. The summed E-state index contributed by atoms with van der Waals surface area (Å²) in [7, 11) is 0. The summed E-state index contributed by atoms with van der Waals surface area (Å²) in [6, 6.07) is 11.2. The Hall–Kier alpha value is -4.18. The average molecular weight is 900 g/mol. The molecule has 0 unspecified atom stereocenters. The number of carbonyl (C=O) groups is 1. The summed E-state index contributed by atoms with van der Waals surface area (Å²) < 4.78 is 48.8. The second kappa shape index (κ2) is 20.8. The molecule has 0 amide bonds. The molecule has 0 saturated carbocycles. The lowest BCUT2D eigenvalue weighted by Gasteiger charge is -2.42. The predicted octanol–water partition coefficient (Wildman–Crippen LogP) is -5.15. The highest BCUT2D eigenvalue weighted by Crippen LogP contribution is 2.34. The lowest BCUT2D eigenvalue weighted by molar-refractivity contribution is -0.331. The van der Waals surface area contributed by atoms with Crippen molar-refractivity contribution < 1.29 is 114 Å². The van der Waals surface area contributed by atoms with Gasteiger partial charge in [0.1, 0.15) is 85.6 Å². The maximum Gasteiger partial charge on any atom is 0.330 e. The average Bonchev–Trinajstić information content (AvgIpc) is 3.55. The molecule has 18 atom stereocenters. The summed E-state index contributed by atoms with van der Waals surface area (Å²) in [6.45, 7) is -3.16. The number of aliphatic hydroxyl groups is 11. The van der Waals surface area contributed by atoms with Gasteiger partial charge in [-0.3, -0.25) is 0 Å². The van der Waals surface area contributed by atoms with Crippen LogP contribution in [0.15, 0.2) is 48.5 Å². The van der Waals surface area contributed by atoms with Crippen LogP contribution in [-0.2, 0) is 42.7 Å². The molecular formula is C39H49NO23. The fraction of sp³-hybridized carbons (Fsp3) is 0.590. The lowest BCUT2D eigenvalue weighted by Crippen LogP contribution is -2.60. The molecule has 24 nitrogen and oxygen atoms in total. The standard InChI is InChI=1S/C39H49NO23/c40-10-21(17-2-1-3-18(42)9-17)60-37-33(52)30(49)27(46)23(62-37)12-55-35-31(50)28(47)24(13-56-35)63-38-34(53)39(54,15-58-38)14-57-25(44)7-5-16-4-6-20(19(43)8-16)59-36-32(51)29(48)26(45)22(11-41)61-36/h1-9,21-24,26-38,41-43,45-54H,11-15H2/b7-5+/t21-,22-,23-,24-,26-,27-,28+,29+,30+,31-,32-,33-,34+,35-,36-,37-,38+,39+/m1/s1. The first-order valence-corrected chi connectivity index (χ1v) is 19.4. The monoisotopic (exact) mass is 899 g/mol. The van der Waals surface area contributed by atoms with Gasteiger partial charge in [0.05, 0.1) is 32.5 Å². The Morgan fingerprint density at radius 1 is 0.825 bits per heavy atom. The van der Waals surface area contributed by atoms with Crippen LogP contribution in [0.3, 0.4) is 0 Å². The van der Waals surface area contributed by atoms with Gasteiger partial charge in [0.2, 0.25) is 6.29 Å². The van der Waals surface area contributed by atoms with Crippen molar-refractivity contribution in [2.75, 3.05) is 33.0 Å². The molecule has 4 heterocycles. The molecule has 0 aliphatic carbocycles. The highest BCUT2D eigenvalue weighted by atomic mass is 16.8. The van der Waals surface area contributed by atoms with Gasteiger partial charge in [0.25, 0.3) is 0 Å². The highest BCUT2D eigenvalue weighted by Gasteiger charge is 2.53. The Morgan fingerprint density at radius 2 is 1.51 bits per heavy atom. The number of esters is 1. The molecule has 4 fully saturated rings. The normalized spacial score (nSPS) is 38.8. The number of aromatic hydroxyl groups is 2. The van der Waals surface area contributed by atoms with E-state index in [1.807, 2.05) is 6.07 Å². The van der Waals surface area contributed by atoms with Crippen molar-refractivity contribution >= 4 is 12.0 Å². The van der Waals surface area contributed by atoms with Crippen molar-refractivity contribution in [2.45, 2.75) is 110 Å². The summed E-state index contributed by atoms with van der Waals surface area (Å²) in [5, 5.41) is 144. The number of hydrogen-bond acceptors (Lipinski definition) is 24. The van der Waals surface area contributed by atoms with Gasteiger partial charge < -0.3 is 109 Å². The number of carbonyl (C=O) groups excluding carboxylic acids is 1. The topological polar surface area (TPSA) is 387 Å². The minimum atomic E-state index is -2.20. The Balaban J connectivity index is 0.949. The van der Waals surface area contributed by atoms with Gasteiger partial charge in [-0.1, -0.05) is 18.2 Å². The van der Waals surface area contributed by atoms with Crippen LogP contribution in [0, 0.1) is 11.3 Å². The van der Waals surface area contributed by atoms with Gasteiger partial charge >= 0.3 is 5.97 Å². The number of nitriles is 1. The van der Waals surface area contributed by atoms with Crippen molar-refractivity contribution in [2.24, 2.45) is 0 Å². The first-order chi connectivity index (χ1) is 29.9. The van der Waals surface area contributed by atoms with E-state index in [4.69, 9.17) is 42.6 Å². The number of aliphatic hydroxyl groups excluding tert-OH is 10. The molecule has 2 aromatic rings. The van der Waals surface area contributed by atoms with Crippen LogP contribution in [0.4, 0.5) is 0 Å². The summed E-state index contributed by atoms with van der Waals surface area (Å²) >= 11 is 0. The van der Waals surface area contributed by atoms with Crippen LogP contribution >= 0.6 is 0 Å². The Morgan fingerprint density at radius 3 is 2.19 bits per heavy atom. The van der Waals surface area contributed by atoms with E-state index >= 15 is 0 Å². The maximum atomic E-state index is 12.5. The first kappa shape index (κ1) is 48.3. The van der Waals surface area contributed by atoms with Crippen LogP contribution in [-0.4, -0.2) is 209 Å². The van der Waals surface area contributed by atoms with Crippen LogP contribution in [0.25, 0.3) is 6.08 Å². The van der Waals surface area contributed by atoms with E-state index in [9.17, 15) is 76.4 Å². The van der Waals surface area contributed by atoms with Crippen LogP contribution in [0.5, 0.6) is 17.2 Å². The number of nitrogens with zero attached hydrogens (tertiary/aromatic N) is 1. The molecule has 63 heavy (non-hydrogen) atoms. The van der Waals surface area contributed by atoms with E-state index in [-0.39, 0.29) is 22.6 Å². The number of ether oxygens (including phenoxy) is 9. The van der Waals surface area contributed by atoms with Gasteiger partial charge in [-0.15, -0.1) is 0 Å². The van der Waals surface area contributed by atoms with Crippen molar-refractivity contribution in [1.82, 2.24) is 0 Å². The van der Waals surface area contributed by atoms with Crippen molar-refractivity contribution in [3.63, 3.8) is 0 Å². The van der Waals surface area contributed by atoms with E-state index in [0.717, 1.165) is 12.1 Å². The van der Waals surface area contributed by atoms with Gasteiger partial charge in [-0.2, -0.15) is 5.26 Å². The smallest absolute Gasteiger partial charge is 0.330 e. The third-order valence-electron chi connectivity index (χ3n) is 10.7. The molecule has 0 bridgehead atoms. The molecule has 6 rings (SSSR count). The molecular weight excluding hydrogens is 850 g/mol. The third-order valence-corrected chi connectivity index (χ3v) is 10.7.